The van der Waals surface area contributed by atoms with Crippen LogP contribution in [-0.2, 0) is 25.7 Å². The molecule has 4 aromatic heterocycles. The molecule has 0 fully saturated rings. The van der Waals surface area contributed by atoms with E-state index in [2.05, 4.69) is 25.8 Å². The maximum atomic E-state index is 12.6. The number of aromatic nitrogens is 7. The molecule has 42 heavy (non-hydrogen) atoms. The molecular formula is C31H25ClN8O2. The van der Waals surface area contributed by atoms with Crippen LogP contribution in [0.25, 0.3) is 27.9 Å². The molecule has 1 unspecified atom stereocenters. The Morgan fingerprint density at radius 2 is 1.83 bits per heavy atom. The third kappa shape index (κ3) is 4.51. The molecule has 10 nitrogen and oxygen atoms in total. The average molecular weight is 577 g/mol. The molecule has 11 heteroatoms. The zero-order valence-corrected chi connectivity index (χ0v) is 23.3. The molecule has 7 aromatic rings. The lowest BCUT2D eigenvalue weighted by Gasteiger charge is -2.30. The molecule has 7 rings (SSSR count). The molecule has 0 saturated carbocycles. The van der Waals surface area contributed by atoms with Crippen molar-refractivity contribution in [3.05, 3.63) is 131 Å². The molecule has 0 spiro atoms. The fourth-order valence-corrected chi connectivity index (χ4v) is 5.53. The summed E-state index contributed by atoms with van der Waals surface area (Å²) in [5.74, 6) is 1.24. The molecule has 0 aliphatic carbocycles. The van der Waals surface area contributed by atoms with Gasteiger partial charge in [-0.15, -0.1) is 0 Å². The maximum Gasteiger partial charge on any atom is 0.274 e. The number of tetrazole rings is 1. The molecule has 4 heterocycles. The lowest BCUT2D eigenvalue weighted by atomic mass is 9.82. The Bertz CT molecular complexity index is 2020. The largest absolute Gasteiger partial charge is 0.468 e. The van der Waals surface area contributed by atoms with Gasteiger partial charge in [-0.05, 0) is 63.5 Å². The van der Waals surface area contributed by atoms with Crippen LogP contribution in [-0.4, -0.2) is 39.7 Å². The molecule has 0 radical (unpaired) electrons. The Morgan fingerprint density at radius 1 is 0.976 bits per heavy atom. The Hall–Kier alpha value is -4.90. The minimum absolute atomic E-state index is 0.364. The summed E-state index contributed by atoms with van der Waals surface area (Å²) in [5.41, 5.74) is 3.71. The number of hydrogen-bond donors (Lipinski definition) is 2. The van der Waals surface area contributed by atoms with Gasteiger partial charge >= 0.3 is 0 Å². The standard InChI is InChI=1S/C31H25ClN8O2/c1-39-19-34-18-28(39)31(41,22-9-7-20(8-10-22)16-33-17-25-6-3-13-42-25)23-11-12-27-26(15-23)29(21-4-2-5-24(32)14-21)35-30-36-37-38-40(27)30/h2-15,18-19,33,41H,16-17H2,1H3. The van der Waals surface area contributed by atoms with Crippen LogP contribution in [0.3, 0.4) is 0 Å². The molecule has 0 bridgehead atoms. The van der Waals surface area contributed by atoms with Gasteiger partial charge in [-0.1, -0.05) is 59.2 Å². The third-order valence-electron chi connectivity index (χ3n) is 7.43. The number of benzene rings is 3. The fraction of sp³-hybridized carbons (Fsp3) is 0.129. The molecule has 0 aliphatic heterocycles. The number of aliphatic hydroxyl groups is 1. The van der Waals surface area contributed by atoms with Gasteiger partial charge < -0.3 is 19.4 Å². The summed E-state index contributed by atoms with van der Waals surface area (Å²) in [5, 5.41) is 29.4. The Morgan fingerprint density at radius 3 is 2.60 bits per heavy atom. The summed E-state index contributed by atoms with van der Waals surface area (Å²) in [4.78, 5) is 9.08. The Labute approximate surface area is 245 Å². The third-order valence-corrected chi connectivity index (χ3v) is 7.66. The Kier molecular flexibility index (Phi) is 6.50. The molecule has 1 atom stereocenters. The first-order valence-corrected chi connectivity index (χ1v) is 13.7. The number of furan rings is 1. The number of aryl methyl sites for hydroxylation is 1. The highest BCUT2D eigenvalue weighted by Crippen LogP contribution is 2.39. The molecule has 208 valence electrons. The van der Waals surface area contributed by atoms with E-state index in [0.29, 0.717) is 46.4 Å². The van der Waals surface area contributed by atoms with Crippen molar-refractivity contribution in [3.63, 3.8) is 0 Å². The van der Waals surface area contributed by atoms with Gasteiger partial charge in [0.1, 0.15) is 5.76 Å². The smallest absolute Gasteiger partial charge is 0.274 e. The second kappa shape index (κ2) is 10.5. The summed E-state index contributed by atoms with van der Waals surface area (Å²) in [7, 11) is 1.87. The first-order valence-electron chi connectivity index (χ1n) is 13.3. The number of halogens is 1. The van der Waals surface area contributed by atoms with Gasteiger partial charge in [-0.25, -0.2) is 9.97 Å². The van der Waals surface area contributed by atoms with Crippen molar-refractivity contribution in [2.24, 2.45) is 7.05 Å². The molecular weight excluding hydrogens is 552 g/mol. The number of nitrogens with zero attached hydrogens (tertiary/aromatic N) is 7. The van der Waals surface area contributed by atoms with Crippen LogP contribution < -0.4 is 5.32 Å². The minimum atomic E-state index is -1.53. The summed E-state index contributed by atoms with van der Waals surface area (Å²) >= 11 is 6.35. The van der Waals surface area contributed by atoms with Crippen LogP contribution in [0.2, 0.25) is 5.02 Å². The van der Waals surface area contributed by atoms with E-state index in [4.69, 9.17) is 21.0 Å². The zero-order chi connectivity index (χ0) is 28.7. The summed E-state index contributed by atoms with van der Waals surface area (Å²) in [6.45, 7) is 1.28. The van der Waals surface area contributed by atoms with Crippen LogP contribution >= 0.6 is 11.6 Å². The van der Waals surface area contributed by atoms with E-state index < -0.39 is 5.60 Å². The minimum Gasteiger partial charge on any atom is -0.468 e. The first kappa shape index (κ1) is 26.0. The first-order chi connectivity index (χ1) is 20.5. The van der Waals surface area contributed by atoms with Crippen LogP contribution in [0, 0.1) is 0 Å². The summed E-state index contributed by atoms with van der Waals surface area (Å²) in [6.07, 6.45) is 5.03. The van der Waals surface area contributed by atoms with E-state index in [1.807, 2.05) is 90.5 Å². The second-order valence-electron chi connectivity index (χ2n) is 10.1. The lowest BCUT2D eigenvalue weighted by Crippen LogP contribution is -2.31. The quantitative estimate of drug-likeness (QED) is 0.262. The maximum absolute atomic E-state index is 12.6. The zero-order valence-electron chi connectivity index (χ0n) is 22.5. The van der Waals surface area contributed by atoms with Crippen molar-refractivity contribution in [2.75, 3.05) is 0 Å². The fourth-order valence-electron chi connectivity index (χ4n) is 5.33. The highest BCUT2D eigenvalue weighted by molar-refractivity contribution is 6.30. The van der Waals surface area contributed by atoms with Gasteiger partial charge in [0.25, 0.3) is 5.78 Å². The van der Waals surface area contributed by atoms with Crippen LogP contribution in [0.5, 0.6) is 0 Å². The SMILES string of the molecule is Cn1cncc1C(O)(c1ccc(CNCc2ccco2)cc1)c1ccc2c(c1)c(-c1cccc(Cl)c1)nc1nnnn12. The van der Waals surface area contributed by atoms with Gasteiger partial charge in [-0.2, -0.15) is 4.52 Å². The van der Waals surface area contributed by atoms with E-state index >= 15 is 0 Å². The Balaban J connectivity index is 1.35. The molecule has 0 amide bonds. The van der Waals surface area contributed by atoms with Gasteiger partial charge in [0.05, 0.1) is 42.2 Å². The number of fused-ring (bicyclic) bond motifs is 3. The highest BCUT2D eigenvalue weighted by atomic mass is 35.5. The topological polar surface area (TPSA) is 119 Å². The van der Waals surface area contributed by atoms with Crippen LogP contribution in [0.1, 0.15) is 28.1 Å². The second-order valence-corrected chi connectivity index (χ2v) is 10.5. The lowest BCUT2D eigenvalue weighted by molar-refractivity contribution is 0.117. The predicted molar refractivity (Wildman–Crippen MR) is 158 cm³/mol. The molecule has 0 aliphatic rings. The molecule has 0 saturated heterocycles. The van der Waals surface area contributed by atoms with Crippen LogP contribution in [0.4, 0.5) is 0 Å². The van der Waals surface area contributed by atoms with Crippen molar-refractivity contribution in [1.82, 2.24) is 39.9 Å². The van der Waals surface area contributed by atoms with E-state index in [9.17, 15) is 5.11 Å². The van der Waals surface area contributed by atoms with Crippen molar-refractivity contribution >= 4 is 28.3 Å². The number of hydrogen-bond acceptors (Lipinski definition) is 8. The van der Waals surface area contributed by atoms with Gasteiger partial charge in [0, 0.05) is 29.6 Å². The highest BCUT2D eigenvalue weighted by Gasteiger charge is 2.37. The van der Waals surface area contributed by atoms with Crippen molar-refractivity contribution in [1.29, 1.82) is 0 Å². The predicted octanol–water partition coefficient (Wildman–Crippen LogP) is 4.89. The van der Waals surface area contributed by atoms with Crippen molar-refractivity contribution in [3.8, 4) is 11.3 Å². The number of imidazole rings is 1. The van der Waals surface area contributed by atoms with Gasteiger partial charge in [0.15, 0.2) is 5.60 Å². The monoisotopic (exact) mass is 576 g/mol. The van der Waals surface area contributed by atoms with E-state index in [1.165, 1.54) is 0 Å². The average Bonchev–Trinajstić information content (AvgIpc) is 3.79. The van der Waals surface area contributed by atoms with Gasteiger partial charge in [-0.3, -0.25) is 0 Å². The van der Waals surface area contributed by atoms with Gasteiger partial charge in [0.2, 0.25) is 0 Å². The molecule has 3 aromatic carbocycles. The van der Waals surface area contributed by atoms with Crippen LogP contribution in [0.15, 0.2) is 102 Å². The number of rotatable bonds is 8. The normalized spacial score (nSPS) is 13.1. The summed E-state index contributed by atoms with van der Waals surface area (Å²) in [6, 6.07) is 24.9. The van der Waals surface area contributed by atoms with E-state index in [0.717, 1.165) is 27.8 Å². The summed E-state index contributed by atoms with van der Waals surface area (Å²) < 4.78 is 8.81. The van der Waals surface area contributed by atoms with Crippen molar-refractivity contribution < 1.29 is 9.52 Å². The van der Waals surface area contributed by atoms with Crippen molar-refractivity contribution in [2.45, 2.75) is 18.7 Å². The van der Waals surface area contributed by atoms with E-state index in [-0.39, 0.29) is 0 Å². The number of nitrogens with one attached hydrogen (secondary N) is 1. The molecule has 2 N–H and O–H groups in total. The van der Waals surface area contributed by atoms with E-state index in [1.54, 1.807) is 23.3 Å².